The Balaban J connectivity index is 1.51. The molecule has 0 radical (unpaired) electrons. The van der Waals surface area contributed by atoms with Gasteiger partial charge in [0.2, 0.25) is 0 Å². The summed E-state index contributed by atoms with van der Waals surface area (Å²) in [5.41, 5.74) is 5.06. The first kappa shape index (κ1) is 25.5. The van der Waals surface area contributed by atoms with E-state index in [0.717, 1.165) is 39.9 Å². The van der Waals surface area contributed by atoms with E-state index in [1.165, 1.54) is 0 Å². The summed E-state index contributed by atoms with van der Waals surface area (Å²) in [4.78, 5) is 32.5. The fourth-order valence-electron chi connectivity index (χ4n) is 4.95. The summed E-state index contributed by atoms with van der Waals surface area (Å²) in [5.74, 6) is 0.759. The van der Waals surface area contributed by atoms with Crippen molar-refractivity contribution in [3.8, 4) is 0 Å². The quantitative estimate of drug-likeness (QED) is 0.323. The predicted octanol–water partition coefficient (Wildman–Crippen LogP) is 4.11. The minimum Gasteiger partial charge on any atom is -0.393 e. The van der Waals surface area contributed by atoms with Crippen LogP contribution in [0, 0.1) is 0 Å². The third-order valence-electron chi connectivity index (χ3n) is 6.91. The molecule has 0 aliphatic heterocycles. The van der Waals surface area contributed by atoms with Crippen molar-refractivity contribution in [3.05, 3.63) is 100 Å². The number of carbonyl (C=O) groups is 1. The van der Waals surface area contributed by atoms with Gasteiger partial charge in [-0.05, 0) is 61.7 Å². The minimum atomic E-state index is -0.358. The van der Waals surface area contributed by atoms with Gasteiger partial charge in [0.1, 0.15) is 5.82 Å². The highest BCUT2D eigenvalue weighted by Crippen LogP contribution is 2.21. The topological polar surface area (TPSA) is 85.3 Å². The van der Waals surface area contributed by atoms with Crippen LogP contribution in [0.1, 0.15) is 41.5 Å². The second-order valence-electron chi connectivity index (χ2n) is 10.00. The van der Waals surface area contributed by atoms with Gasteiger partial charge in [-0.1, -0.05) is 36.4 Å². The van der Waals surface area contributed by atoms with Gasteiger partial charge in [0, 0.05) is 26.2 Å². The number of fused-ring (bicyclic) bond motifs is 2. The minimum absolute atomic E-state index is 0.0540. The van der Waals surface area contributed by atoms with Crippen molar-refractivity contribution in [3.63, 3.8) is 0 Å². The van der Waals surface area contributed by atoms with E-state index in [-0.39, 0.29) is 17.7 Å². The SMILES string of the molecule is CC(O)CCCn1c(Cn2c(=O)n(Cc3ccc(C(=O)N(C)C)cc3)c3ccccc32)nc2ccccc21. The molecule has 0 fully saturated rings. The van der Waals surface area contributed by atoms with Crippen LogP contribution < -0.4 is 5.69 Å². The molecule has 196 valence electrons. The molecule has 3 aromatic carbocycles. The number of para-hydroxylation sites is 4. The Hall–Kier alpha value is -4.17. The van der Waals surface area contributed by atoms with E-state index in [0.29, 0.717) is 31.6 Å². The average Bonchev–Trinajstić information content (AvgIpc) is 3.39. The molecule has 0 saturated carbocycles. The van der Waals surface area contributed by atoms with Gasteiger partial charge in [0.05, 0.1) is 41.3 Å². The summed E-state index contributed by atoms with van der Waals surface area (Å²) in [5, 5.41) is 9.75. The molecule has 0 saturated heterocycles. The lowest BCUT2D eigenvalue weighted by atomic mass is 10.1. The highest BCUT2D eigenvalue weighted by Gasteiger charge is 2.18. The summed E-state index contributed by atoms with van der Waals surface area (Å²) in [7, 11) is 3.46. The third kappa shape index (κ3) is 4.99. The molecule has 2 heterocycles. The number of hydrogen-bond donors (Lipinski definition) is 1. The number of rotatable bonds is 9. The molecule has 5 aromatic rings. The smallest absolute Gasteiger partial charge is 0.329 e. The zero-order valence-corrected chi connectivity index (χ0v) is 22.0. The van der Waals surface area contributed by atoms with E-state index in [4.69, 9.17) is 4.98 Å². The van der Waals surface area contributed by atoms with Gasteiger partial charge < -0.3 is 14.6 Å². The Morgan fingerprint density at radius 1 is 0.868 bits per heavy atom. The molecular weight excluding hydrogens is 478 g/mol. The fourth-order valence-corrected chi connectivity index (χ4v) is 4.95. The van der Waals surface area contributed by atoms with E-state index in [1.54, 1.807) is 47.2 Å². The van der Waals surface area contributed by atoms with Crippen molar-refractivity contribution in [1.82, 2.24) is 23.6 Å². The van der Waals surface area contributed by atoms with Crippen molar-refractivity contribution < 1.29 is 9.90 Å². The van der Waals surface area contributed by atoms with Gasteiger partial charge in [-0.25, -0.2) is 9.78 Å². The molecule has 0 aliphatic rings. The first-order valence-electron chi connectivity index (χ1n) is 12.9. The number of aliphatic hydroxyl groups is 1. The molecule has 8 nitrogen and oxygen atoms in total. The van der Waals surface area contributed by atoms with Crippen molar-refractivity contribution in [2.45, 2.75) is 45.5 Å². The summed E-state index contributed by atoms with van der Waals surface area (Å²) in [6.45, 7) is 3.25. The zero-order chi connectivity index (χ0) is 26.8. The van der Waals surface area contributed by atoms with Crippen LogP contribution >= 0.6 is 0 Å². The lowest BCUT2D eigenvalue weighted by Crippen LogP contribution is -2.26. The molecule has 0 aliphatic carbocycles. The van der Waals surface area contributed by atoms with Gasteiger partial charge in [-0.15, -0.1) is 0 Å². The Morgan fingerprint density at radius 2 is 1.47 bits per heavy atom. The van der Waals surface area contributed by atoms with E-state index in [2.05, 4.69) is 4.57 Å². The number of imidazole rings is 2. The van der Waals surface area contributed by atoms with E-state index >= 15 is 0 Å². The largest absolute Gasteiger partial charge is 0.393 e. The Kier molecular flexibility index (Phi) is 7.15. The normalized spacial score (nSPS) is 12.3. The molecule has 2 aromatic heterocycles. The summed E-state index contributed by atoms with van der Waals surface area (Å²) < 4.78 is 5.72. The summed E-state index contributed by atoms with van der Waals surface area (Å²) >= 11 is 0. The van der Waals surface area contributed by atoms with Crippen molar-refractivity contribution >= 4 is 28.0 Å². The van der Waals surface area contributed by atoms with Crippen LogP contribution in [-0.4, -0.2) is 54.8 Å². The van der Waals surface area contributed by atoms with Crippen LogP contribution in [0.3, 0.4) is 0 Å². The highest BCUT2D eigenvalue weighted by molar-refractivity contribution is 5.93. The van der Waals surface area contributed by atoms with E-state index in [9.17, 15) is 14.7 Å². The first-order chi connectivity index (χ1) is 18.3. The summed E-state index contributed by atoms with van der Waals surface area (Å²) in [6.07, 6.45) is 1.15. The Morgan fingerprint density at radius 3 is 2.11 bits per heavy atom. The van der Waals surface area contributed by atoms with Gasteiger partial charge >= 0.3 is 5.69 Å². The number of aryl methyl sites for hydroxylation is 1. The molecule has 8 heteroatoms. The monoisotopic (exact) mass is 511 g/mol. The lowest BCUT2D eigenvalue weighted by molar-refractivity contribution is 0.0827. The molecule has 1 unspecified atom stereocenters. The fraction of sp³-hybridized carbons (Fsp3) is 0.300. The molecule has 1 atom stereocenters. The van der Waals surface area contributed by atoms with E-state index < -0.39 is 0 Å². The zero-order valence-electron chi connectivity index (χ0n) is 22.0. The Bertz CT molecular complexity index is 1640. The number of benzene rings is 3. The third-order valence-corrected chi connectivity index (χ3v) is 6.91. The van der Waals surface area contributed by atoms with E-state index in [1.807, 2.05) is 60.7 Å². The van der Waals surface area contributed by atoms with Gasteiger partial charge in [-0.3, -0.25) is 13.9 Å². The number of nitrogens with zero attached hydrogens (tertiary/aromatic N) is 5. The molecule has 38 heavy (non-hydrogen) atoms. The molecule has 0 bridgehead atoms. The number of aromatic nitrogens is 4. The molecule has 1 N–H and O–H groups in total. The molecule has 0 spiro atoms. The number of carbonyl (C=O) groups excluding carboxylic acids is 1. The van der Waals surface area contributed by atoms with Crippen molar-refractivity contribution in [1.29, 1.82) is 0 Å². The van der Waals surface area contributed by atoms with Gasteiger partial charge in [0.25, 0.3) is 5.91 Å². The van der Waals surface area contributed by atoms with Gasteiger partial charge in [0.15, 0.2) is 0 Å². The van der Waals surface area contributed by atoms with Gasteiger partial charge in [-0.2, -0.15) is 0 Å². The van der Waals surface area contributed by atoms with Crippen LogP contribution in [0.4, 0.5) is 0 Å². The maximum absolute atomic E-state index is 13.8. The predicted molar refractivity (Wildman–Crippen MR) is 150 cm³/mol. The number of hydrogen-bond acceptors (Lipinski definition) is 4. The van der Waals surface area contributed by atoms with Crippen LogP contribution in [-0.2, 0) is 19.6 Å². The summed E-state index contributed by atoms with van der Waals surface area (Å²) in [6, 6.07) is 23.2. The average molecular weight is 512 g/mol. The second kappa shape index (κ2) is 10.7. The molecular formula is C30H33N5O3. The number of aliphatic hydroxyl groups excluding tert-OH is 1. The maximum Gasteiger partial charge on any atom is 0.329 e. The first-order valence-corrected chi connectivity index (χ1v) is 12.9. The van der Waals surface area contributed by atoms with Crippen molar-refractivity contribution in [2.24, 2.45) is 0 Å². The number of amides is 1. The van der Waals surface area contributed by atoms with Crippen LogP contribution in [0.2, 0.25) is 0 Å². The van der Waals surface area contributed by atoms with Crippen LogP contribution in [0.15, 0.2) is 77.6 Å². The van der Waals surface area contributed by atoms with Crippen molar-refractivity contribution in [2.75, 3.05) is 14.1 Å². The maximum atomic E-state index is 13.8. The van der Waals surface area contributed by atoms with Crippen LogP contribution in [0.25, 0.3) is 22.1 Å². The molecule has 5 rings (SSSR count). The Labute approximate surface area is 221 Å². The standard InChI is InChI=1S/C30H33N5O3/c1-21(36)9-8-18-33-25-11-5-4-10-24(25)31-28(33)20-35-27-13-7-6-12-26(27)34(30(35)38)19-22-14-16-23(17-15-22)29(37)32(2)3/h4-7,10-17,21,36H,8-9,18-20H2,1-3H3. The molecule has 1 amide bonds. The highest BCUT2D eigenvalue weighted by atomic mass is 16.3. The van der Waals surface area contributed by atoms with Crippen LogP contribution in [0.5, 0.6) is 0 Å². The lowest BCUT2D eigenvalue weighted by Gasteiger charge is -2.11. The second-order valence-corrected chi connectivity index (χ2v) is 10.00.